The molecule has 19 heavy (non-hydrogen) atoms. The highest BCUT2D eigenvalue weighted by Crippen LogP contribution is 2.28. The van der Waals surface area contributed by atoms with Crippen molar-refractivity contribution in [3.63, 3.8) is 0 Å². The third-order valence-electron chi connectivity index (χ3n) is 3.44. The molecule has 3 aromatic carbocycles. The van der Waals surface area contributed by atoms with Crippen molar-refractivity contribution in [3.05, 3.63) is 72.3 Å². The Morgan fingerprint density at radius 1 is 0.789 bits per heavy atom. The number of hydrogen-bond acceptors (Lipinski definition) is 1. The molecule has 0 heterocycles. The number of nitrogens with one attached hydrogen (secondary N) is 1. The van der Waals surface area contributed by atoms with Crippen LogP contribution in [0.15, 0.2) is 66.7 Å². The van der Waals surface area contributed by atoms with E-state index in [0.717, 1.165) is 6.54 Å². The van der Waals surface area contributed by atoms with E-state index in [1.807, 2.05) is 7.05 Å². The first-order valence-corrected chi connectivity index (χ1v) is 6.60. The van der Waals surface area contributed by atoms with Crippen LogP contribution in [0.4, 0.5) is 0 Å². The van der Waals surface area contributed by atoms with E-state index in [0.29, 0.717) is 0 Å². The van der Waals surface area contributed by atoms with Gasteiger partial charge in [-0.1, -0.05) is 66.7 Å². The molecule has 3 rings (SSSR count). The predicted molar refractivity (Wildman–Crippen MR) is 82.1 cm³/mol. The summed E-state index contributed by atoms with van der Waals surface area (Å²) in [5.74, 6) is 0. The normalized spacial score (nSPS) is 10.8. The van der Waals surface area contributed by atoms with Crippen molar-refractivity contribution in [2.45, 2.75) is 6.54 Å². The van der Waals surface area contributed by atoms with E-state index in [1.165, 1.54) is 27.5 Å². The van der Waals surface area contributed by atoms with Gasteiger partial charge in [0.2, 0.25) is 0 Å². The lowest BCUT2D eigenvalue weighted by atomic mass is 9.97. The predicted octanol–water partition coefficient (Wildman–Crippen LogP) is 4.23. The standard InChI is InChI=1S/C18H17N/c1-19-13-14-9-11-16(12-10-14)18-8-4-6-15-5-2-3-7-17(15)18/h2-12,19H,13H2,1H3. The minimum Gasteiger partial charge on any atom is -0.316 e. The molecule has 94 valence electrons. The molecule has 0 aliphatic heterocycles. The topological polar surface area (TPSA) is 12.0 Å². The number of rotatable bonds is 3. The molecule has 1 nitrogen and oxygen atoms in total. The van der Waals surface area contributed by atoms with Crippen LogP contribution in [0.5, 0.6) is 0 Å². The average Bonchev–Trinajstić information content (AvgIpc) is 2.48. The number of benzene rings is 3. The number of hydrogen-bond donors (Lipinski definition) is 1. The molecule has 0 saturated carbocycles. The van der Waals surface area contributed by atoms with Gasteiger partial charge in [0.15, 0.2) is 0 Å². The van der Waals surface area contributed by atoms with Crippen molar-refractivity contribution in [1.82, 2.24) is 5.32 Å². The summed E-state index contributed by atoms with van der Waals surface area (Å²) in [5, 5.41) is 5.78. The fraction of sp³-hybridized carbons (Fsp3) is 0.111. The fourth-order valence-electron chi connectivity index (χ4n) is 2.48. The Bertz CT molecular complexity index is 678. The maximum Gasteiger partial charge on any atom is 0.0202 e. The fourth-order valence-corrected chi connectivity index (χ4v) is 2.48. The third kappa shape index (κ3) is 2.38. The minimum atomic E-state index is 0.913. The highest BCUT2D eigenvalue weighted by molar-refractivity contribution is 5.96. The first kappa shape index (κ1) is 11.9. The van der Waals surface area contributed by atoms with Crippen molar-refractivity contribution in [1.29, 1.82) is 0 Å². The molecule has 0 spiro atoms. The summed E-state index contributed by atoms with van der Waals surface area (Å²) in [4.78, 5) is 0. The van der Waals surface area contributed by atoms with Gasteiger partial charge in [-0.3, -0.25) is 0 Å². The van der Waals surface area contributed by atoms with Crippen LogP contribution < -0.4 is 5.32 Å². The zero-order valence-electron chi connectivity index (χ0n) is 11.1. The van der Waals surface area contributed by atoms with Gasteiger partial charge in [0.1, 0.15) is 0 Å². The van der Waals surface area contributed by atoms with Crippen LogP contribution in [0.3, 0.4) is 0 Å². The molecule has 1 N–H and O–H groups in total. The summed E-state index contributed by atoms with van der Waals surface area (Å²) in [7, 11) is 1.97. The van der Waals surface area contributed by atoms with Crippen molar-refractivity contribution in [3.8, 4) is 11.1 Å². The number of fused-ring (bicyclic) bond motifs is 1. The lowest BCUT2D eigenvalue weighted by Gasteiger charge is -2.08. The largest absolute Gasteiger partial charge is 0.316 e. The Morgan fingerprint density at radius 2 is 1.53 bits per heavy atom. The zero-order valence-corrected chi connectivity index (χ0v) is 11.1. The molecule has 0 amide bonds. The molecule has 0 fully saturated rings. The van der Waals surface area contributed by atoms with E-state index in [9.17, 15) is 0 Å². The molecule has 3 aromatic rings. The molecule has 0 unspecified atom stereocenters. The molecule has 0 saturated heterocycles. The second kappa shape index (κ2) is 5.25. The van der Waals surface area contributed by atoms with Crippen molar-refractivity contribution < 1.29 is 0 Å². The second-order valence-corrected chi connectivity index (χ2v) is 4.75. The van der Waals surface area contributed by atoms with Crippen LogP contribution in [0.1, 0.15) is 5.56 Å². The van der Waals surface area contributed by atoms with Crippen LogP contribution >= 0.6 is 0 Å². The van der Waals surface area contributed by atoms with Gasteiger partial charge in [-0.15, -0.1) is 0 Å². The Morgan fingerprint density at radius 3 is 2.32 bits per heavy atom. The van der Waals surface area contributed by atoms with Gasteiger partial charge in [0.05, 0.1) is 0 Å². The average molecular weight is 247 g/mol. The maximum absolute atomic E-state index is 3.17. The van der Waals surface area contributed by atoms with E-state index in [1.54, 1.807) is 0 Å². The first-order chi connectivity index (χ1) is 9.38. The molecule has 0 aliphatic carbocycles. The third-order valence-corrected chi connectivity index (χ3v) is 3.44. The van der Waals surface area contributed by atoms with Crippen molar-refractivity contribution in [2.24, 2.45) is 0 Å². The van der Waals surface area contributed by atoms with Gasteiger partial charge in [-0.05, 0) is 34.5 Å². The van der Waals surface area contributed by atoms with Crippen LogP contribution in [0.2, 0.25) is 0 Å². The zero-order chi connectivity index (χ0) is 13.1. The Kier molecular flexibility index (Phi) is 3.30. The highest BCUT2D eigenvalue weighted by atomic mass is 14.8. The smallest absolute Gasteiger partial charge is 0.0202 e. The lowest BCUT2D eigenvalue weighted by Crippen LogP contribution is -2.04. The Balaban J connectivity index is 2.08. The molecule has 0 radical (unpaired) electrons. The molecule has 0 bridgehead atoms. The molecule has 1 heteroatoms. The molecule has 0 aromatic heterocycles. The van der Waals surface area contributed by atoms with Crippen LogP contribution in [-0.2, 0) is 6.54 Å². The summed E-state index contributed by atoms with van der Waals surface area (Å²) in [5.41, 5.74) is 3.89. The van der Waals surface area contributed by atoms with Gasteiger partial charge in [-0.2, -0.15) is 0 Å². The summed E-state index contributed by atoms with van der Waals surface area (Å²) < 4.78 is 0. The molecular weight excluding hydrogens is 230 g/mol. The van der Waals surface area contributed by atoms with E-state index in [2.05, 4.69) is 72.0 Å². The van der Waals surface area contributed by atoms with Gasteiger partial charge >= 0.3 is 0 Å². The van der Waals surface area contributed by atoms with Crippen molar-refractivity contribution >= 4 is 10.8 Å². The van der Waals surface area contributed by atoms with E-state index in [-0.39, 0.29) is 0 Å². The SMILES string of the molecule is CNCc1ccc(-c2cccc3ccccc23)cc1. The van der Waals surface area contributed by atoms with E-state index in [4.69, 9.17) is 0 Å². The summed E-state index contributed by atoms with van der Waals surface area (Å²) in [6.45, 7) is 0.913. The maximum atomic E-state index is 3.17. The van der Waals surface area contributed by atoms with Crippen LogP contribution in [0, 0.1) is 0 Å². The quantitative estimate of drug-likeness (QED) is 0.730. The van der Waals surface area contributed by atoms with Crippen LogP contribution in [-0.4, -0.2) is 7.05 Å². The summed E-state index contributed by atoms with van der Waals surface area (Å²) in [6, 6.07) is 23.8. The second-order valence-electron chi connectivity index (χ2n) is 4.75. The highest BCUT2D eigenvalue weighted by Gasteiger charge is 2.02. The monoisotopic (exact) mass is 247 g/mol. The van der Waals surface area contributed by atoms with E-state index >= 15 is 0 Å². The molecule has 0 atom stereocenters. The first-order valence-electron chi connectivity index (χ1n) is 6.60. The van der Waals surface area contributed by atoms with Gasteiger partial charge in [0.25, 0.3) is 0 Å². The van der Waals surface area contributed by atoms with Crippen LogP contribution in [0.25, 0.3) is 21.9 Å². The van der Waals surface area contributed by atoms with Gasteiger partial charge in [0, 0.05) is 6.54 Å². The minimum absolute atomic E-state index is 0.913. The summed E-state index contributed by atoms with van der Waals surface area (Å²) in [6.07, 6.45) is 0. The van der Waals surface area contributed by atoms with Crippen molar-refractivity contribution in [2.75, 3.05) is 7.05 Å². The lowest BCUT2D eigenvalue weighted by molar-refractivity contribution is 0.818. The van der Waals surface area contributed by atoms with Gasteiger partial charge < -0.3 is 5.32 Å². The molecular formula is C18H17N. The summed E-state index contributed by atoms with van der Waals surface area (Å²) >= 11 is 0. The molecule has 0 aliphatic rings. The Hall–Kier alpha value is -2.12. The van der Waals surface area contributed by atoms with Gasteiger partial charge in [-0.25, -0.2) is 0 Å². The van der Waals surface area contributed by atoms with E-state index < -0.39 is 0 Å². The Labute approximate surface area is 113 Å².